The van der Waals surface area contributed by atoms with Crippen LogP contribution in [0.1, 0.15) is 38.7 Å². The van der Waals surface area contributed by atoms with Crippen molar-refractivity contribution in [3.05, 3.63) is 29.6 Å². The molecule has 0 amide bonds. The monoisotopic (exact) mass is 264 g/mol. The predicted molar refractivity (Wildman–Crippen MR) is 79.0 cm³/mol. The van der Waals surface area contributed by atoms with Crippen molar-refractivity contribution >= 4 is 5.69 Å². The summed E-state index contributed by atoms with van der Waals surface area (Å²) < 4.78 is 14.2. The smallest absolute Gasteiger partial charge is 0.146 e. The van der Waals surface area contributed by atoms with Crippen molar-refractivity contribution in [3.63, 3.8) is 0 Å². The van der Waals surface area contributed by atoms with E-state index in [1.165, 1.54) is 19.3 Å². The molecule has 0 radical (unpaired) electrons. The summed E-state index contributed by atoms with van der Waals surface area (Å²) in [5.74, 6) is 0.741. The topological polar surface area (TPSA) is 15.3 Å². The van der Waals surface area contributed by atoms with Gasteiger partial charge in [0.25, 0.3) is 0 Å². The summed E-state index contributed by atoms with van der Waals surface area (Å²) in [5, 5.41) is 3.30. The minimum absolute atomic E-state index is 0.0784. The van der Waals surface area contributed by atoms with Crippen LogP contribution >= 0.6 is 0 Å². The van der Waals surface area contributed by atoms with E-state index in [2.05, 4.69) is 24.1 Å². The van der Waals surface area contributed by atoms with Gasteiger partial charge in [-0.3, -0.25) is 0 Å². The van der Waals surface area contributed by atoms with Gasteiger partial charge in [-0.15, -0.1) is 0 Å². The fourth-order valence-electron chi connectivity index (χ4n) is 2.88. The molecule has 1 aliphatic rings. The molecule has 0 aliphatic carbocycles. The Hall–Kier alpha value is -1.09. The zero-order valence-electron chi connectivity index (χ0n) is 12.1. The maximum atomic E-state index is 14.2. The molecule has 1 fully saturated rings. The van der Waals surface area contributed by atoms with E-state index >= 15 is 0 Å². The lowest BCUT2D eigenvalue weighted by Gasteiger charge is -2.34. The van der Waals surface area contributed by atoms with Crippen LogP contribution in [0.3, 0.4) is 0 Å². The Kier molecular flexibility index (Phi) is 5.20. The van der Waals surface area contributed by atoms with Crippen LogP contribution in [0.25, 0.3) is 0 Å². The lowest BCUT2D eigenvalue weighted by Crippen LogP contribution is -2.35. The summed E-state index contributed by atoms with van der Waals surface area (Å²) in [6.45, 7) is 7.95. The van der Waals surface area contributed by atoms with E-state index < -0.39 is 0 Å². The maximum Gasteiger partial charge on any atom is 0.146 e. The Morgan fingerprint density at radius 3 is 2.63 bits per heavy atom. The molecule has 1 saturated heterocycles. The third-order valence-corrected chi connectivity index (χ3v) is 4.14. The van der Waals surface area contributed by atoms with Crippen molar-refractivity contribution in [1.82, 2.24) is 5.32 Å². The summed E-state index contributed by atoms with van der Waals surface area (Å²) in [4.78, 5) is 2.23. The molecule has 1 aromatic carbocycles. The highest BCUT2D eigenvalue weighted by Gasteiger charge is 2.22. The van der Waals surface area contributed by atoms with Crippen LogP contribution < -0.4 is 10.2 Å². The summed E-state index contributed by atoms with van der Waals surface area (Å²) in [6, 6.07) is 5.42. The first kappa shape index (κ1) is 14.3. The summed E-state index contributed by atoms with van der Waals surface area (Å²) in [6.07, 6.45) is 3.62. The molecule has 2 nitrogen and oxygen atoms in total. The first-order valence-electron chi connectivity index (χ1n) is 7.49. The molecule has 0 atom stereocenters. The molecule has 106 valence electrons. The third-order valence-electron chi connectivity index (χ3n) is 4.14. The molecule has 19 heavy (non-hydrogen) atoms. The molecule has 3 heteroatoms. The first-order chi connectivity index (χ1) is 9.26. The number of hydrogen-bond donors (Lipinski definition) is 1. The molecule has 1 N–H and O–H groups in total. The highest BCUT2D eigenvalue weighted by molar-refractivity contribution is 5.55. The minimum atomic E-state index is -0.0784. The summed E-state index contributed by atoms with van der Waals surface area (Å²) in [7, 11) is 0. The highest BCUT2D eigenvalue weighted by atomic mass is 19.1. The van der Waals surface area contributed by atoms with E-state index in [1.807, 2.05) is 12.1 Å². The zero-order valence-corrected chi connectivity index (χ0v) is 12.1. The lowest BCUT2D eigenvalue weighted by molar-refractivity contribution is 0.392. The van der Waals surface area contributed by atoms with Crippen molar-refractivity contribution in [3.8, 4) is 0 Å². The number of rotatable bonds is 5. The van der Waals surface area contributed by atoms with E-state index in [0.29, 0.717) is 0 Å². The van der Waals surface area contributed by atoms with Gasteiger partial charge in [0, 0.05) is 19.6 Å². The Bertz CT molecular complexity index is 398. The van der Waals surface area contributed by atoms with Crippen LogP contribution in [0.5, 0.6) is 0 Å². The second-order valence-corrected chi connectivity index (χ2v) is 5.37. The Morgan fingerprint density at radius 1 is 1.26 bits per heavy atom. The standard InChI is InChI=1S/C16H25FN2/c1-3-13-8-10-19(11-9-13)16-14(12-18-4-2)6-5-7-15(16)17/h5-7,13,18H,3-4,8-12H2,1-2H3. The van der Waals surface area contributed by atoms with Crippen LogP contribution in [-0.2, 0) is 6.54 Å². The van der Waals surface area contributed by atoms with Crippen molar-refractivity contribution in [1.29, 1.82) is 0 Å². The van der Waals surface area contributed by atoms with E-state index in [1.54, 1.807) is 6.07 Å². The molecule has 1 heterocycles. The van der Waals surface area contributed by atoms with Crippen LogP contribution in [0, 0.1) is 11.7 Å². The van der Waals surface area contributed by atoms with Gasteiger partial charge in [0.2, 0.25) is 0 Å². The van der Waals surface area contributed by atoms with E-state index in [4.69, 9.17) is 0 Å². The quantitative estimate of drug-likeness (QED) is 0.874. The average Bonchev–Trinajstić information content (AvgIpc) is 2.45. The van der Waals surface area contributed by atoms with Gasteiger partial charge in [-0.25, -0.2) is 4.39 Å². The van der Waals surface area contributed by atoms with Gasteiger partial charge in [-0.05, 0) is 36.9 Å². The van der Waals surface area contributed by atoms with E-state index in [0.717, 1.165) is 43.3 Å². The van der Waals surface area contributed by atoms with Gasteiger partial charge in [0.1, 0.15) is 5.82 Å². The minimum Gasteiger partial charge on any atom is -0.369 e. The highest BCUT2D eigenvalue weighted by Crippen LogP contribution is 2.29. The second kappa shape index (κ2) is 6.90. The molecular formula is C16H25FN2. The van der Waals surface area contributed by atoms with Gasteiger partial charge < -0.3 is 10.2 Å². The summed E-state index contributed by atoms with van der Waals surface area (Å²) >= 11 is 0. The average molecular weight is 264 g/mol. The molecule has 1 aliphatic heterocycles. The predicted octanol–water partition coefficient (Wildman–Crippen LogP) is 3.56. The number of halogens is 1. The van der Waals surface area contributed by atoms with Crippen molar-refractivity contribution in [2.45, 2.75) is 39.7 Å². The van der Waals surface area contributed by atoms with Crippen LogP contribution in [0.4, 0.5) is 10.1 Å². The molecule has 1 aromatic rings. The first-order valence-corrected chi connectivity index (χ1v) is 7.49. The maximum absolute atomic E-state index is 14.2. The molecule has 0 aromatic heterocycles. The number of nitrogens with one attached hydrogen (secondary N) is 1. The summed E-state index contributed by atoms with van der Waals surface area (Å²) in [5.41, 5.74) is 1.90. The molecule has 2 rings (SSSR count). The van der Waals surface area contributed by atoms with Gasteiger partial charge in [-0.1, -0.05) is 32.4 Å². The third kappa shape index (κ3) is 3.47. The van der Waals surface area contributed by atoms with Crippen molar-refractivity contribution < 1.29 is 4.39 Å². The Balaban J connectivity index is 2.14. The normalized spacial score (nSPS) is 16.9. The number of nitrogens with zero attached hydrogens (tertiary/aromatic N) is 1. The second-order valence-electron chi connectivity index (χ2n) is 5.37. The Morgan fingerprint density at radius 2 is 2.00 bits per heavy atom. The number of para-hydroxylation sites is 1. The molecular weight excluding hydrogens is 239 g/mol. The van der Waals surface area contributed by atoms with E-state index in [9.17, 15) is 4.39 Å². The number of anilines is 1. The molecule has 0 spiro atoms. The van der Waals surface area contributed by atoms with Gasteiger partial charge in [0.05, 0.1) is 5.69 Å². The number of piperidine rings is 1. The molecule has 0 saturated carbocycles. The SMILES string of the molecule is CCNCc1cccc(F)c1N1CCC(CC)CC1. The van der Waals surface area contributed by atoms with E-state index in [-0.39, 0.29) is 5.82 Å². The number of benzene rings is 1. The molecule has 0 bridgehead atoms. The fourth-order valence-corrected chi connectivity index (χ4v) is 2.88. The van der Waals surface area contributed by atoms with Gasteiger partial charge >= 0.3 is 0 Å². The van der Waals surface area contributed by atoms with Crippen molar-refractivity contribution in [2.24, 2.45) is 5.92 Å². The Labute approximate surface area is 116 Å². The zero-order chi connectivity index (χ0) is 13.7. The number of hydrogen-bond acceptors (Lipinski definition) is 2. The fraction of sp³-hybridized carbons (Fsp3) is 0.625. The van der Waals surface area contributed by atoms with Crippen LogP contribution in [0.2, 0.25) is 0 Å². The van der Waals surface area contributed by atoms with Crippen LogP contribution in [-0.4, -0.2) is 19.6 Å². The molecule has 0 unspecified atom stereocenters. The lowest BCUT2D eigenvalue weighted by atomic mass is 9.93. The van der Waals surface area contributed by atoms with Gasteiger partial charge in [-0.2, -0.15) is 0 Å². The van der Waals surface area contributed by atoms with Crippen LogP contribution in [0.15, 0.2) is 18.2 Å². The van der Waals surface area contributed by atoms with Gasteiger partial charge in [0.15, 0.2) is 0 Å². The van der Waals surface area contributed by atoms with Crippen molar-refractivity contribution in [2.75, 3.05) is 24.5 Å². The largest absolute Gasteiger partial charge is 0.369 e.